The third kappa shape index (κ3) is 3.20. The highest BCUT2D eigenvalue weighted by atomic mass is 32.2. The third-order valence-electron chi connectivity index (χ3n) is 2.69. The fourth-order valence-electron chi connectivity index (χ4n) is 1.90. The minimum Gasteiger partial charge on any atom is -0.488 e. The molecule has 1 aliphatic rings. The molecule has 2 N–H and O–H groups in total. The van der Waals surface area contributed by atoms with Gasteiger partial charge < -0.3 is 10.5 Å². The molecule has 17 heavy (non-hydrogen) atoms. The van der Waals surface area contributed by atoms with Gasteiger partial charge in [-0.25, -0.2) is 8.42 Å². The van der Waals surface area contributed by atoms with E-state index in [1.165, 1.54) is 0 Å². The summed E-state index contributed by atoms with van der Waals surface area (Å²) in [6, 6.07) is 7.70. The number of ether oxygens (including phenoxy) is 1. The van der Waals surface area contributed by atoms with E-state index in [-0.39, 0.29) is 23.7 Å². The molecule has 0 bridgehead atoms. The molecular weight excluding hydrogens is 238 g/mol. The Balaban J connectivity index is 2.05. The summed E-state index contributed by atoms with van der Waals surface area (Å²) in [6.45, 7) is 1.94. The monoisotopic (exact) mass is 255 g/mol. The highest BCUT2D eigenvalue weighted by molar-refractivity contribution is 7.92. The number of sulfone groups is 1. The summed E-state index contributed by atoms with van der Waals surface area (Å²) in [7, 11) is -2.84. The van der Waals surface area contributed by atoms with Gasteiger partial charge >= 0.3 is 0 Å². The molecule has 4 nitrogen and oxygen atoms in total. The Morgan fingerprint density at radius 2 is 2.06 bits per heavy atom. The van der Waals surface area contributed by atoms with E-state index in [0.717, 1.165) is 17.7 Å². The Kier molecular flexibility index (Phi) is 3.40. The van der Waals surface area contributed by atoms with Gasteiger partial charge in [-0.15, -0.1) is 0 Å². The van der Waals surface area contributed by atoms with Gasteiger partial charge in [0.25, 0.3) is 0 Å². The van der Waals surface area contributed by atoms with Crippen LogP contribution in [0.4, 0.5) is 0 Å². The second-order valence-electron chi connectivity index (χ2n) is 4.61. The summed E-state index contributed by atoms with van der Waals surface area (Å²) in [4.78, 5) is 0. The van der Waals surface area contributed by atoms with E-state index in [9.17, 15) is 8.42 Å². The van der Waals surface area contributed by atoms with Gasteiger partial charge in [-0.1, -0.05) is 18.2 Å². The van der Waals surface area contributed by atoms with Crippen LogP contribution in [0.15, 0.2) is 24.3 Å². The minimum absolute atomic E-state index is 0.0601. The number of hydrogen-bond donors (Lipinski definition) is 1. The second-order valence-corrected chi connectivity index (χ2v) is 6.76. The van der Waals surface area contributed by atoms with Gasteiger partial charge in [0.15, 0.2) is 9.84 Å². The molecule has 1 saturated heterocycles. The van der Waals surface area contributed by atoms with Crippen molar-refractivity contribution >= 4 is 9.84 Å². The highest BCUT2D eigenvalue weighted by Crippen LogP contribution is 2.24. The zero-order valence-corrected chi connectivity index (χ0v) is 10.6. The largest absolute Gasteiger partial charge is 0.488 e. The van der Waals surface area contributed by atoms with Crippen LogP contribution in [0.3, 0.4) is 0 Å². The molecule has 2 rings (SSSR count). The summed E-state index contributed by atoms with van der Waals surface area (Å²) in [6.07, 6.45) is 0.532. The van der Waals surface area contributed by atoms with E-state index in [2.05, 4.69) is 0 Å². The SMILES string of the molecule is CC(N)Cc1ccccc1OC1CS(=O)(=O)C1. The molecule has 1 heterocycles. The lowest BCUT2D eigenvalue weighted by Crippen LogP contribution is -2.45. The van der Waals surface area contributed by atoms with Gasteiger partial charge in [0.05, 0.1) is 11.5 Å². The topological polar surface area (TPSA) is 69.4 Å². The zero-order chi connectivity index (χ0) is 12.5. The van der Waals surface area contributed by atoms with Gasteiger partial charge in [0.2, 0.25) is 0 Å². The summed E-state index contributed by atoms with van der Waals surface area (Å²) in [5.74, 6) is 1.00. The van der Waals surface area contributed by atoms with Crippen LogP contribution in [-0.4, -0.2) is 32.1 Å². The van der Waals surface area contributed by atoms with Gasteiger partial charge in [-0.2, -0.15) is 0 Å². The van der Waals surface area contributed by atoms with Crippen LogP contribution in [0, 0.1) is 0 Å². The van der Waals surface area contributed by atoms with Gasteiger partial charge in [-0.3, -0.25) is 0 Å². The smallest absolute Gasteiger partial charge is 0.157 e. The quantitative estimate of drug-likeness (QED) is 0.862. The highest BCUT2D eigenvalue weighted by Gasteiger charge is 2.35. The first-order valence-corrected chi connectivity index (χ1v) is 7.49. The van der Waals surface area contributed by atoms with Crippen molar-refractivity contribution in [2.24, 2.45) is 5.73 Å². The third-order valence-corrected chi connectivity index (χ3v) is 4.45. The maximum absolute atomic E-state index is 11.1. The lowest BCUT2D eigenvalue weighted by atomic mass is 10.1. The van der Waals surface area contributed by atoms with Gasteiger partial charge in [-0.05, 0) is 25.0 Å². The molecule has 5 heteroatoms. The summed E-state index contributed by atoms with van der Waals surface area (Å²) >= 11 is 0. The van der Waals surface area contributed by atoms with Crippen LogP contribution in [0.5, 0.6) is 5.75 Å². The lowest BCUT2D eigenvalue weighted by molar-refractivity contribution is 0.228. The van der Waals surface area contributed by atoms with E-state index in [1.807, 2.05) is 31.2 Å². The van der Waals surface area contributed by atoms with Crippen LogP contribution in [0.2, 0.25) is 0 Å². The standard InChI is InChI=1S/C12H17NO3S/c1-9(13)6-10-4-2-3-5-12(10)16-11-7-17(14,15)8-11/h2-5,9,11H,6-8,13H2,1H3. The van der Waals surface area contributed by atoms with Crippen LogP contribution >= 0.6 is 0 Å². The predicted molar refractivity (Wildman–Crippen MR) is 66.9 cm³/mol. The van der Waals surface area contributed by atoms with Crippen molar-refractivity contribution in [3.8, 4) is 5.75 Å². The Labute approximate surface area is 102 Å². The fourth-order valence-corrected chi connectivity index (χ4v) is 3.07. The van der Waals surface area contributed by atoms with E-state index < -0.39 is 9.84 Å². The molecule has 1 fully saturated rings. The van der Waals surface area contributed by atoms with Crippen LogP contribution in [0.25, 0.3) is 0 Å². The minimum atomic E-state index is -2.84. The van der Waals surface area contributed by atoms with E-state index in [4.69, 9.17) is 10.5 Å². The molecule has 94 valence electrons. The molecular formula is C12H17NO3S. The molecule has 1 unspecified atom stereocenters. The molecule has 0 aromatic heterocycles. The van der Waals surface area contributed by atoms with Crippen LogP contribution < -0.4 is 10.5 Å². The molecule has 0 spiro atoms. The molecule has 1 aromatic rings. The van der Waals surface area contributed by atoms with Crippen molar-refractivity contribution in [2.45, 2.75) is 25.5 Å². The fraction of sp³-hybridized carbons (Fsp3) is 0.500. The van der Waals surface area contributed by atoms with Gasteiger partial charge in [0, 0.05) is 6.04 Å². The van der Waals surface area contributed by atoms with E-state index >= 15 is 0 Å². The number of nitrogens with two attached hydrogens (primary N) is 1. The van der Waals surface area contributed by atoms with E-state index in [0.29, 0.717) is 0 Å². The average molecular weight is 255 g/mol. The average Bonchev–Trinajstić information content (AvgIpc) is 2.17. The Morgan fingerprint density at radius 1 is 1.41 bits per heavy atom. The second kappa shape index (κ2) is 4.66. The molecule has 1 atom stereocenters. The number of benzene rings is 1. The molecule has 1 aliphatic heterocycles. The maximum atomic E-state index is 11.1. The number of hydrogen-bond acceptors (Lipinski definition) is 4. The van der Waals surface area contributed by atoms with Crippen molar-refractivity contribution in [3.05, 3.63) is 29.8 Å². The first kappa shape index (κ1) is 12.4. The number of para-hydroxylation sites is 1. The maximum Gasteiger partial charge on any atom is 0.157 e. The molecule has 1 aromatic carbocycles. The molecule has 0 amide bonds. The van der Waals surface area contributed by atoms with Crippen molar-refractivity contribution in [2.75, 3.05) is 11.5 Å². The van der Waals surface area contributed by atoms with Crippen molar-refractivity contribution in [1.29, 1.82) is 0 Å². The molecule has 0 aliphatic carbocycles. The van der Waals surface area contributed by atoms with Crippen molar-refractivity contribution in [1.82, 2.24) is 0 Å². The normalized spacial score (nSPS) is 20.6. The van der Waals surface area contributed by atoms with Crippen LogP contribution in [-0.2, 0) is 16.3 Å². The summed E-state index contributed by atoms with van der Waals surface area (Å²) in [5.41, 5.74) is 6.80. The number of rotatable bonds is 4. The molecule has 0 saturated carbocycles. The zero-order valence-electron chi connectivity index (χ0n) is 9.80. The first-order valence-electron chi connectivity index (χ1n) is 5.67. The summed E-state index contributed by atoms with van der Waals surface area (Å²) < 4.78 is 27.8. The van der Waals surface area contributed by atoms with Crippen molar-refractivity contribution in [3.63, 3.8) is 0 Å². The Morgan fingerprint density at radius 3 is 2.65 bits per heavy atom. The van der Waals surface area contributed by atoms with Gasteiger partial charge in [0.1, 0.15) is 11.9 Å². The predicted octanol–water partition coefficient (Wildman–Crippen LogP) is 0.752. The first-order chi connectivity index (χ1) is 7.96. The van der Waals surface area contributed by atoms with E-state index in [1.54, 1.807) is 0 Å². The summed E-state index contributed by atoms with van der Waals surface area (Å²) in [5, 5.41) is 0. The lowest BCUT2D eigenvalue weighted by Gasteiger charge is -2.27. The molecule has 0 radical (unpaired) electrons. The van der Waals surface area contributed by atoms with Crippen LogP contribution in [0.1, 0.15) is 12.5 Å². The van der Waals surface area contributed by atoms with Crippen molar-refractivity contribution < 1.29 is 13.2 Å². The Hall–Kier alpha value is -1.07. The Bertz CT molecular complexity index is 484.